The number of aryl methyl sites for hydroxylation is 1. The van der Waals surface area contributed by atoms with Crippen molar-refractivity contribution in [3.8, 4) is 0 Å². The van der Waals surface area contributed by atoms with Gasteiger partial charge in [-0.05, 0) is 12.8 Å². The molecule has 0 saturated carbocycles. The second-order valence-corrected chi connectivity index (χ2v) is 6.06. The molecule has 1 atom stereocenters. The molecule has 20 heavy (non-hydrogen) atoms. The van der Waals surface area contributed by atoms with Crippen LogP contribution in [0.1, 0.15) is 35.3 Å². The first-order chi connectivity index (χ1) is 9.86. The van der Waals surface area contributed by atoms with E-state index in [0.29, 0.717) is 12.5 Å². The second kappa shape index (κ2) is 6.47. The van der Waals surface area contributed by atoms with Gasteiger partial charge in [-0.25, -0.2) is 9.97 Å². The fourth-order valence-electron chi connectivity index (χ4n) is 2.69. The van der Waals surface area contributed by atoms with Gasteiger partial charge in [0.15, 0.2) is 0 Å². The molecule has 6 heteroatoms. The molecule has 1 aliphatic rings. The second-order valence-electron chi connectivity index (χ2n) is 5.11. The minimum absolute atomic E-state index is 0.524. The number of hydrogen-bond donors (Lipinski definition) is 1. The number of nitrogens with one attached hydrogen (secondary N) is 1. The van der Waals surface area contributed by atoms with Gasteiger partial charge in [0.2, 0.25) is 0 Å². The molecule has 108 valence electrons. The van der Waals surface area contributed by atoms with Crippen LogP contribution in [0.5, 0.6) is 0 Å². The van der Waals surface area contributed by atoms with Crippen LogP contribution in [-0.2, 0) is 24.4 Å². The normalized spacial score (nSPS) is 18.1. The van der Waals surface area contributed by atoms with Crippen LogP contribution in [0.25, 0.3) is 0 Å². The summed E-state index contributed by atoms with van der Waals surface area (Å²) >= 11 is 1.66. The summed E-state index contributed by atoms with van der Waals surface area (Å²) < 4.78 is 7.36. The molecule has 0 saturated heterocycles. The van der Waals surface area contributed by atoms with Crippen LogP contribution in [0, 0.1) is 0 Å². The summed E-state index contributed by atoms with van der Waals surface area (Å²) in [6.07, 6.45) is 6.45. The fraction of sp³-hybridized carbons (Fsp3) is 0.571. The van der Waals surface area contributed by atoms with Gasteiger partial charge >= 0.3 is 0 Å². The summed E-state index contributed by atoms with van der Waals surface area (Å²) in [5, 5.41) is 6.65. The lowest BCUT2D eigenvalue weighted by molar-refractivity contribution is 0.184. The minimum Gasteiger partial charge on any atom is -0.378 e. The molecule has 0 unspecified atom stereocenters. The number of imidazole rings is 1. The van der Waals surface area contributed by atoms with Crippen molar-refractivity contribution in [3.63, 3.8) is 0 Å². The largest absolute Gasteiger partial charge is 0.378 e. The van der Waals surface area contributed by atoms with Crippen molar-refractivity contribution < 1.29 is 4.74 Å². The Morgan fingerprint density at radius 2 is 2.50 bits per heavy atom. The number of methoxy groups -OCH3 is 1. The summed E-state index contributed by atoms with van der Waals surface area (Å²) in [7, 11) is 1.70. The van der Waals surface area contributed by atoms with E-state index in [0.717, 1.165) is 30.3 Å². The number of rotatable bonds is 6. The highest BCUT2D eigenvalue weighted by atomic mass is 32.1. The van der Waals surface area contributed by atoms with Crippen LogP contribution in [0.2, 0.25) is 0 Å². The number of fused-ring (bicyclic) bond motifs is 1. The summed E-state index contributed by atoms with van der Waals surface area (Å²) in [4.78, 5) is 9.01. The van der Waals surface area contributed by atoms with Crippen LogP contribution >= 0.6 is 11.3 Å². The average molecular weight is 292 g/mol. The molecule has 0 amide bonds. The van der Waals surface area contributed by atoms with E-state index in [1.165, 1.54) is 18.7 Å². The van der Waals surface area contributed by atoms with Gasteiger partial charge in [0.25, 0.3) is 0 Å². The Morgan fingerprint density at radius 1 is 1.55 bits per heavy atom. The van der Waals surface area contributed by atoms with E-state index in [1.54, 1.807) is 18.4 Å². The van der Waals surface area contributed by atoms with Crippen LogP contribution in [0.3, 0.4) is 0 Å². The van der Waals surface area contributed by atoms with Crippen LogP contribution in [0.15, 0.2) is 17.8 Å². The molecule has 0 radical (unpaired) electrons. The number of aromatic nitrogens is 3. The summed E-state index contributed by atoms with van der Waals surface area (Å²) in [5.41, 5.74) is 1.10. The maximum atomic E-state index is 5.09. The van der Waals surface area contributed by atoms with Gasteiger partial charge in [-0.15, -0.1) is 11.3 Å². The molecule has 3 rings (SSSR count). The number of hydrogen-bond acceptors (Lipinski definition) is 5. The fourth-order valence-corrected chi connectivity index (χ4v) is 3.46. The smallest absolute Gasteiger partial charge is 0.119 e. The van der Waals surface area contributed by atoms with Gasteiger partial charge in [-0.1, -0.05) is 0 Å². The highest BCUT2D eigenvalue weighted by molar-refractivity contribution is 7.09. The summed E-state index contributed by atoms with van der Waals surface area (Å²) in [5.74, 6) is 1.75. The van der Waals surface area contributed by atoms with E-state index >= 15 is 0 Å². The molecule has 0 bridgehead atoms. The summed E-state index contributed by atoms with van der Waals surface area (Å²) in [6, 6.07) is 0. The zero-order valence-corrected chi connectivity index (χ0v) is 12.5. The lowest BCUT2D eigenvalue weighted by atomic mass is 9.99. The molecule has 0 fully saturated rings. The van der Waals surface area contributed by atoms with Crippen molar-refractivity contribution in [1.29, 1.82) is 0 Å². The molecular formula is C14H20N4OS. The van der Waals surface area contributed by atoms with Gasteiger partial charge in [0.05, 0.1) is 12.3 Å². The van der Waals surface area contributed by atoms with Crippen molar-refractivity contribution in [2.75, 3.05) is 13.7 Å². The van der Waals surface area contributed by atoms with Crippen LogP contribution < -0.4 is 5.32 Å². The van der Waals surface area contributed by atoms with E-state index in [-0.39, 0.29) is 0 Å². The van der Waals surface area contributed by atoms with E-state index in [2.05, 4.69) is 31.4 Å². The standard InChI is InChI=1S/C14H20N4OS/c1-19-9-13-17-12(10-20-13)8-15-7-11-3-2-5-18-6-4-16-14(11)18/h4,6,10-11,15H,2-3,5,7-9H2,1H3/t11-/m0/s1. The van der Waals surface area contributed by atoms with Gasteiger partial charge in [0.1, 0.15) is 10.8 Å². The first-order valence-corrected chi connectivity index (χ1v) is 7.88. The Morgan fingerprint density at radius 3 is 3.40 bits per heavy atom. The predicted molar refractivity (Wildman–Crippen MR) is 78.7 cm³/mol. The summed E-state index contributed by atoms with van der Waals surface area (Å²) in [6.45, 7) is 3.49. The van der Waals surface area contributed by atoms with Crippen LogP contribution in [0.4, 0.5) is 0 Å². The molecule has 2 aromatic rings. The Bertz CT molecular complexity index is 551. The molecule has 2 aromatic heterocycles. The van der Waals surface area contributed by atoms with Crippen LogP contribution in [-0.4, -0.2) is 28.2 Å². The number of nitrogens with zero attached hydrogens (tertiary/aromatic N) is 3. The minimum atomic E-state index is 0.524. The molecule has 3 heterocycles. The third-order valence-electron chi connectivity index (χ3n) is 3.63. The van der Waals surface area contributed by atoms with E-state index in [9.17, 15) is 0 Å². The predicted octanol–water partition coefficient (Wildman–Crippen LogP) is 2.15. The first-order valence-electron chi connectivity index (χ1n) is 7.01. The molecule has 5 nitrogen and oxygen atoms in total. The molecule has 0 aromatic carbocycles. The third-order valence-corrected chi connectivity index (χ3v) is 4.50. The Hall–Kier alpha value is -1.24. The van der Waals surface area contributed by atoms with Crippen molar-refractivity contribution in [3.05, 3.63) is 34.3 Å². The quantitative estimate of drug-likeness (QED) is 0.886. The maximum Gasteiger partial charge on any atom is 0.119 e. The zero-order chi connectivity index (χ0) is 13.8. The zero-order valence-electron chi connectivity index (χ0n) is 11.7. The highest BCUT2D eigenvalue weighted by Crippen LogP contribution is 2.24. The van der Waals surface area contributed by atoms with E-state index in [1.807, 2.05) is 6.20 Å². The van der Waals surface area contributed by atoms with E-state index < -0.39 is 0 Å². The first kappa shape index (κ1) is 13.7. The van der Waals surface area contributed by atoms with Gasteiger partial charge < -0.3 is 14.6 Å². The highest BCUT2D eigenvalue weighted by Gasteiger charge is 2.20. The van der Waals surface area contributed by atoms with E-state index in [4.69, 9.17) is 4.74 Å². The van der Waals surface area contributed by atoms with Gasteiger partial charge in [0, 0.05) is 50.4 Å². The monoisotopic (exact) mass is 292 g/mol. The van der Waals surface area contributed by atoms with Crippen molar-refractivity contribution in [2.45, 2.75) is 38.5 Å². The lowest BCUT2D eigenvalue weighted by Crippen LogP contribution is -2.26. The molecule has 0 spiro atoms. The molecular weight excluding hydrogens is 272 g/mol. The Kier molecular flexibility index (Phi) is 4.44. The van der Waals surface area contributed by atoms with Gasteiger partial charge in [-0.3, -0.25) is 0 Å². The maximum absolute atomic E-state index is 5.09. The average Bonchev–Trinajstić information content (AvgIpc) is 3.08. The lowest BCUT2D eigenvalue weighted by Gasteiger charge is -2.23. The number of ether oxygens (including phenoxy) is 1. The number of thiazole rings is 1. The van der Waals surface area contributed by atoms with Crippen molar-refractivity contribution in [1.82, 2.24) is 19.9 Å². The van der Waals surface area contributed by atoms with Gasteiger partial charge in [-0.2, -0.15) is 0 Å². The molecule has 1 aliphatic heterocycles. The Balaban J connectivity index is 1.51. The SMILES string of the molecule is COCc1nc(CNC[C@@H]2CCCn3ccnc32)cs1. The van der Waals surface area contributed by atoms with Crippen molar-refractivity contribution >= 4 is 11.3 Å². The molecule has 1 N–H and O–H groups in total. The topological polar surface area (TPSA) is 52.0 Å². The third kappa shape index (κ3) is 3.08. The Labute approximate surface area is 123 Å². The molecule has 0 aliphatic carbocycles. The van der Waals surface area contributed by atoms with Crippen molar-refractivity contribution in [2.24, 2.45) is 0 Å².